The minimum atomic E-state index is -0.503. The minimum absolute atomic E-state index is 0.108. The Hall–Kier alpha value is -1.96. The molecule has 0 aliphatic rings. The summed E-state index contributed by atoms with van der Waals surface area (Å²) in [6.07, 6.45) is 0. The lowest BCUT2D eigenvalue weighted by atomic mass is 10.4. The van der Waals surface area contributed by atoms with Gasteiger partial charge >= 0.3 is 0 Å². The molecule has 0 fully saturated rings. The third kappa shape index (κ3) is 2.01. The molecule has 0 atom stereocenters. The topological polar surface area (TPSA) is 136 Å². The molecular weight excluding hydrogens is 214 g/mol. The van der Waals surface area contributed by atoms with Gasteiger partial charge in [0.25, 0.3) is 17.5 Å². The molecule has 8 heteroatoms. The van der Waals surface area contributed by atoms with Gasteiger partial charge in [0, 0.05) is 0 Å². The van der Waals surface area contributed by atoms with Gasteiger partial charge in [0.2, 0.25) is 5.82 Å². The second-order valence-corrected chi connectivity index (χ2v) is 3.13. The largest absolute Gasteiger partial charge is 0.740 e. The molecule has 0 aliphatic heterocycles. The molecule has 6 N–H and O–H groups in total. The minimum Gasteiger partial charge on any atom is -0.740 e. The van der Waals surface area contributed by atoms with Gasteiger partial charge in [-0.2, -0.15) is 4.98 Å². The number of aliphatic hydroxyl groups is 1. The Balaban J connectivity index is 3.26. The highest BCUT2D eigenvalue weighted by molar-refractivity contribution is 5.55. The van der Waals surface area contributed by atoms with Crippen molar-refractivity contribution in [2.45, 2.75) is 6.92 Å². The first-order chi connectivity index (χ1) is 7.52. The highest BCUT2D eigenvalue weighted by Crippen LogP contribution is 2.23. The van der Waals surface area contributed by atoms with Crippen LogP contribution in [0.2, 0.25) is 0 Å². The third-order valence-corrected chi connectivity index (χ3v) is 2.15. The van der Waals surface area contributed by atoms with Crippen LogP contribution in [0, 0.1) is 5.21 Å². The number of likely N-dealkylation sites (N-methyl/N-ethyl adjacent to an activating group) is 1. The van der Waals surface area contributed by atoms with Crippen molar-refractivity contribution in [1.82, 2.24) is 4.98 Å². The number of hydrogen-bond acceptors (Lipinski definition) is 7. The Labute approximate surface area is 92.3 Å². The summed E-state index contributed by atoms with van der Waals surface area (Å²) in [4.78, 5) is 5.00. The molecule has 0 saturated carbocycles. The molecule has 0 spiro atoms. The van der Waals surface area contributed by atoms with Crippen LogP contribution in [-0.2, 0) is 0 Å². The van der Waals surface area contributed by atoms with Crippen molar-refractivity contribution in [2.75, 3.05) is 36.1 Å². The lowest BCUT2D eigenvalue weighted by Gasteiger charge is -2.22. The van der Waals surface area contributed by atoms with E-state index in [1.807, 2.05) is 0 Å². The van der Waals surface area contributed by atoms with E-state index in [1.54, 1.807) is 6.92 Å². The molecule has 1 rings (SSSR count). The predicted molar refractivity (Wildman–Crippen MR) is 58.7 cm³/mol. The molecule has 16 heavy (non-hydrogen) atoms. The maximum Gasteiger partial charge on any atom is 0.288 e. The van der Waals surface area contributed by atoms with Crippen molar-refractivity contribution in [3.63, 3.8) is 0 Å². The Morgan fingerprint density at radius 2 is 2.12 bits per heavy atom. The van der Waals surface area contributed by atoms with Gasteiger partial charge in [0.15, 0.2) is 0 Å². The van der Waals surface area contributed by atoms with Crippen molar-refractivity contribution < 1.29 is 14.9 Å². The molecule has 1 aromatic heterocycles. The van der Waals surface area contributed by atoms with Crippen LogP contribution in [0.4, 0.5) is 17.5 Å². The van der Waals surface area contributed by atoms with E-state index in [1.165, 1.54) is 4.90 Å². The van der Waals surface area contributed by atoms with Gasteiger partial charge in [0.05, 0.1) is 19.7 Å². The van der Waals surface area contributed by atoms with E-state index in [2.05, 4.69) is 4.98 Å². The molecule has 8 nitrogen and oxygen atoms in total. The Bertz CT molecular complexity index is 384. The number of aliphatic hydroxyl groups excluding tert-OH is 1. The fraction of sp³-hybridized carbons (Fsp3) is 0.500. The van der Waals surface area contributed by atoms with E-state index in [4.69, 9.17) is 16.6 Å². The number of aromatic nitrogens is 2. The van der Waals surface area contributed by atoms with Crippen LogP contribution in [-0.4, -0.2) is 34.9 Å². The molecule has 0 aromatic carbocycles. The number of aromatic hydroxyl groups is 1. The first-order valence-corrected chi connectivity index (χ1v) is 4.76. The molecule has 0 saturated heterocycles. The fourth-order valence-electron chi connectivity index (χ4n) is 1.33. The maximum absolute atomic E-state index is 11.7. The van der Waals surface area contributed by atoms with Gasteiger partial charge in [-0.25, -0.2) is 4.73 Å². The number of nitrogen functional groups attached to an aromatic ring is 2. The zero-order valence-corrected chi connectivity index (χ0v) is 8.92. The molecule has 0 unspecified atom stereocenters. The molecule has 0 radical (unpaired) electrons. The molecule has 0 aliphatic carbocycles. The zero-order chi connectivity index (χ0) is 12.3. The fourth-order valence-corrected chi connectivity index (χ4v) is 1.33. The molecule has 0 amide bonds. The van der Waals surface area contributed by atoms with Gasteiger partial charge in [0.1, 0.15) is 0 Å². The Morgan fingerprint density at radius 1 is 1.50 bits per heavy atom. The Morgan fingerprint density at radius 3 is 2.62 bits per heavy atom. The van der Waals surface area contributed by atoms with Crippen LogP contribution < -0.4 is 21.1 Å². The lowest BCUT2D eigenvalue weighted by Crippen LogP contribution is -2.42. The summed E-state index contributed by atoms with van der Waals surface area (Å²) in [7, 11) is 0. The molecule has 90 valence electrons. The predicted octanol–water partition coefficient (Wildman–Crippen LogP) is -1.60. The first-order valence-electron chi connectivity index (χ1n) is 4.76. The summed E-state index contributed by atoms with van der Waals surface area (Å²) < 4.78 is 0.302. The van der Waals surface area contributed by atoms with Gasteiger partial charge in [-0.3, -0.25) is 4.90 Å². The molecule has 0 bridgehead atoms. The van der Waals surface area contributed by atoms with Crippen LogP contribution in [0.5, 0.6) is 5.88 Å². The number of anilines is 3. The van der Waals surface area contributed by atoms with Gasteiger partial charge in [-0.05, 0) is 6.92 Å². The maximum atomic E-state index is 11.7. The lowest BCUT2D eigenvalue weighted by molar-refractivity contribution is -0.576. The normalized spacial score (nSPS) is 10.4. The van der Waals surface area contributed by atoms with E-state index in [0.717, 1.165) is 0 Å². The second kappa shape index (κ2) is 4.71. The number of rotatable bonds is 4. The van der Waals surface area contributed by atoms with Crippen molar-refractivity contribution in [2.24, 2.45) is 0 Å². The van der Waals surface area contributed by atoms with Crippen molar-refractivity contribution in [3.05, 3.63) is 5.21 Å². The number of nitrogens with zero attached hydrogens (tertiary/aromatic N) is 3. The highest BCUT2D eigenvalue weighted by atomic mass is 16.5. The zero-order valence-electron chi connectivity index (χ0n) is 8.92. The number of nitrogens with two attached hydrogens (primary N) is 2. The van der Waals surface area contributed by atoms with Gasteiger partial charge in [-0.1, -0.05) is 0 Å². The van der Waals surface area contributed by atoms with E-state index in [0.29, 0.717) is 11.3 Å². The second-order valence-electron chi connectivity index (χ2n) is 3.13. The first kappa shape index (κ1) is 12.1. The summed E-state index contributed by atoms with van der Waals surface area (Å²) in [5.41, 5.74) is 10.7. The average molecular weight is 229 g/mol. The van der Waals surface area contributed by atoms with E-state index in [9.17, 15) is 10.3 Å². The smallest absolute Gasteiger partial charge is 0.288 e. The van der Waals surface area contributed by atoms with Crippen LogP contribution in [0.15, 0.2) is 0 Å². The quantitative estimate of drug-likeness (QED) is 0.360. The van der Waals surface area contributed by atoms with E-state index >= 15 is 0 Å². The highest BCUT2D eigenvalue weighted by Gasteiger charge is 2.22. The van der Waals surface area contributed by atoms with Gasteiger partial charge < -0.3 is 26.9 Å². The summed E-state index contributed by atoms with van der Waals surface area (Å²) in [5.74, 6) is -1.11. The summed E-state index contributed by atoms with van der Waals surface area (Å²) in [5, 5.41) is 30.0. The van der Waals surface area contributed by atoms with Crippen molar-refractivity contribution >= 4 is 17.5 Å². The summed E-state index contributed by atoms with van der Waals surface area (Å²) >= 11 is 0. The van der Waals surface area contributed by atoms with E-state index < -0.39 is 5.88 Å². The van der Waals surface area contributed by atoms with Crippen LogP contribution in [0.3, 0.4) is 0 Å². The van der Waals surface area contributed by atoms with Crippen molar-refractivity contribution in [1.29, 1.82) is 0 Å². The monoisotopic (exact) mass is 229 g/mol. The van der Waals surface area contributed by atoms with E-state index in [-0.39, 0.29) is 30.6 Å². The summed E-state index contributed by atoms with van der Waals surface area (Å²) in [6, 6.07) is 0. The third-order valence-electron chi connectivity index (χ3n) is 2.15. The number of hydrogen-bond donors (Lipinski definition) is 4. The van der Waals surface area contributed by atoms with Gasteiger partial charge in [-0.15, -0.1) is 0 Å². The standard InChI is InChI=1S/C8H15N5O3/c1-2-12(3-4-14)8-7(15)11-5(9)6(10)13(8)16/h14H,2-4,10H2,1H3,(H3,9,11,15). The SMILES string of the molecule is CCN(CCO)c1c(O)nc(N)c(N)[n+]1[O-]. The van der Waals surface area contributed by atoms with Crippen LogP contribution in [0.1, 0.15) is 6.92 Å². The van der Waals surface area contributed by atoms with Crippen LogP contribution >= 0.6 is 0 Å². The molecule has 1 heterocycles. The van der Waals surface area contributed by atoms with Crippen LogP contribution in [0.25, 0.3) is 0 Å². The average Bonchev–Trinajstić information content (AvgIpc) is 2.25. The molecule has 1 aromatic rings. The molecular formula is C8H15N5O3. The summed E-state index contributed by atoms with van der Waals surface area (Å²) in [6.45, 7) is 2.22. The Kier molecular flexibility index (Phi) is 3.56. The van der Waals surface area contributed by atoms with Crippen molar-refractivity contribution in [3.8, 4) is 5.88 Å².